The van der Waals surface area contributed by atoms with E-state index in [1.807, 2.05) is 29.2 Å². The second-order valence-electron chi connectivity index (χ2n) is 6.65. The number of carbonyl (C=O) groups excluding carboxylic acids is 1. The molecule has 6 heteroatoms. The molecule has 1 aliphatic rings. The summed E-state index contributed by atoms with van der Waals surface area (Å²) < 4.78 is 0.963. The highest BCUT2D eigenvalue weighted by Gasteiger charge is 2.37. The lowest BCUT2D eigenvalue weighted by atomic mass is 9.91. The van der Waals surface area contributed by atoms with E-state index in [1.165, 1.54) is 0 Å². The molecule has 1 saturated heterocycles. The molecule has 1 aliphatic heterocycles. The van der Waals surface area contributed by atoms with Crippen molar-refractivity contribution in [2.75, 3.05) is 26.2 Å². The number of nitrogens with zero attached hydrogens (tertiary/aromatic N) is 2. The van der Waals surface area contributed by atoms with Crippen molar-refractivity contribution < 1.29 is 9.90 Å². The number of aliphatic hydroxyl groups excluding tert-OH is 1. The quantitative estimate of drug-likeness (QED) is 0.826. The van der Waals surface area contributed by atoms with Crippen LogP contribution in [0, 0.1) is 0 Å². The van der Waals surface area contributed by atoms with Crippen LogP contribution in [0.5, 0.6) is 0 Å². The molecule has 0 saturated carbocycles. The predicted molar refractivity (Wildman–Crippen MR) is 95.0 cm³/mol. The van der Waals surface area contributed by atoms with Crippen LogP contribution >= 0.6 is 15.9 Å². The van der Waals surface area contributed by atoms with Gasteiger partial charge >= 0.3 is 0 Å². The molecule has 2 rings (SSSR count). The summed E-state index contributed by atoms with van der Waals surface area (Å²) in [5.74, 6) is -0.0524. The molecule has 0 aromatic heterocycles. The molecule has 23 heavy (non-hydrogen) atoms. The normalized spacial score (nSPS) is 23.4. The van der Waals surface area contributed by atoms with Crippen molar-refractivity contribution in [3.8, 4) is 0 Å². The molecule has 1 heterocycles. The zero-order valence-corrected chi connectivity index (χ0v) is 15.6. The van der Waals surface area contributed by atoms with Gasteiger partial charge in [0.15, 0.2) is 0 Å². The zero-order valence-electron chi connectivity index (χ0n) is 14.0. The number of nitrogens with two attached hydrogens (primary N) is 1. The molecular weight excluding hydrogens is 358 g/mol. The summed E-state index contributed by atoms with van der Waals surface area (Å²) in [5.41, 5.74) is 6.14. The van der Waals surface area contributed by atoms with E-state index in [-0.39, 0.29) is 18.1 Å². The number of aliphatic hydroxyl groups is 1. The van der Waals surface area contributed by atoms with Crippen LogP contribution in [0.15, 0.2) is 28.7 Å². The molecule has 3 unspecified atom stereocenters. The van der Waals surface area contributed by atoms with Crippen LogP contribution in [-0.4, -0.2) is 59.1 Å². The van der Waals surface area contributed by atoms with Crippen LogP contribution in [0.4, 0.5) is 0 Å². The maximum Gasteiger partial charge on any atom is 0.247 e. The third-order valence-corrected chi connectivity index (χ3v) is 4.97. The van der Waals surface area contributed by atoms with Gasteiger partial charge in [0.05, 0.1) is 6.10 Å². The first kappa shape index (κ1) is 18.4. The number of benzene rings is 1. The Labute approximate surface area is 146 Å². The smallest absolute Gasteiger partial charge is 0.247 e. The Balaban J connectivity index is 2.07. The van der Waals surface area contributed by atoms with Crippen LogP contribution in [0.2, 0.25) is 0 Å². The number of rotatable bonds is 4. The number of β-amino-alcohol motifs (C(OH)–C–C–N with tert-alkyl or cyclic N) is 1. The fraction of sp³-hybridized carbons (Fsp3) is 0.588. The van der Waals surface area contributed by atoms with E-state index in [0.29, 0.717) is 19.6 Å². The van der Waals surface area contributed by atoms with Gasteiger partial charge in [-0.1, -0.05) is 28.1 Å². The first-order chi connectivity index (χ1) is 10.7. The highest BCUT2D eigenvalue weighted by atomic mass is 79.9. The molecule has 3 atom stereocenters. The fourth-order valence-electron chi connectivity index (χ4n) is 3.04. The minimum absolute atomic E-state index is 0.0524. The molecule has 0 spiro atoms. The van der Waals surface area contributed by atoms with Crippen LogP contribution in [0.3, 0.4) is 0 Å². The third-order valence-electron chi connectivity index (χ3n) is 4.44. The Morgan fingerprint density at radius 1 is 1.43 bits per heavy atom. The zero-order chi connectivity index (χ0) is 17.2. The predicted octanol–water partition coefficient (Wildman–Crippen LogP) is 1.54. The molecule has 0 bridgehead atoms. The first-order valence-corrected chi connectivity index (χ1v) is 8.77. The van der Waals surface area contributed by atoms with E-state index in [2.05, 4.69) is 27.8 Å². The number of hydrogen-bond donors (Lipinski definition) is 2. The van der Waals surface area contributed by atoms with E-state index >= 15 is 0 Å². The summed E-state index contributed by atoms with van der Waals surface area (Å²) in [5, 5.41) is 9.55. The van der Waals surface area contributed by atoms with E-state index < -0.39 is 5.54 Å². The lowest BCUT2D eigenvalue weighted by molar-refractivity contribution is -0.140. The van der Waals surface area contributed by atoms with Gasteiger partial charge in [0.2, 0.25) is 5.91 Å². The molecular formula is C17H26BrN3O2. The second kappa shape index (κ2) is 7.30. The summed E-state index contributed by atoms with van der Waals surface area (Å²) in [7, 11) is 0. The van der Waals surface area contributed by atoms with Gasteiger partial charge in [-0.15, -0.1) is 0 Å². The van der Waals surface area contributed by atoms with Crippen molar-refractivity contribution in [2.45, 2.75) is 38.5 Å². The molecule has 128 valence electrons. The molecule has 0 radical (unpaired) electrons. The lowest BCUT2D eigenvalue weighted by Crippen LogP contribution is -2.60. The number of halogens is 1. The second-order valence-corrected chi connectivity index (χ2v) is 7.57. The lowest BCUT2D eigenvalue weighted by Gasteiger charge is -2.42. The average molecular weight is 384 g/mol. The van der Waals surface area contributed by atoms with Gasteiger partial charge in [-0.05, 0) is 38.5 Å². The molecule has 5 nitrogen and oxygen atoms in total. The first-order valence-electron chi connectivity index (χ1n) is 7.98. The highest BCUT2D eigenvalue weighted by Crippen LogP contribution is 2.24. The van der Waals surface area contributed by atoms with Gasteiger partial charge in [-0.25, -0.2) is 0 Å². The van der Waals surface area contributed by atoms with Crippen molar-refractivity contribution in [3.63, 3.8) is 0 Å². The molecule has 1 aromatic rings. The number of piperazine rings is 1. The summed E-state index contributed by atoms with van der Waals surface area (Å²) in [6, 6.07) is 7.78. The molecule has 1 aromatic carbocycles. The number of carbonyl (C=O) groups is 1. The monoisotopic (exact) mass is 383 g/mol. The Morgan fingerprint density at radius 2 is 2.04 bits per heavy atom. The average Bonchev–Trinajstić information content (AvgIpc) is 2.48. The minimum atomic E-state index is -1.03. The van der Waals surface area contributed by atoms with Crippen molar-refractivity contribution in [1.29, 1.82) is 0 Å². The van der Waals surface area contributed by atoms with Crippen molar-refractivity contribution in [1.82, 2.24) is 9.80 Å². The summed E-state index contributed by atoms with van der Waals surface area (Å²) in [4.78, 5) is 16.9. The van der Waals surface area contributed by atoms with Gasteiger partial charge in [-0.2, -0.15) is 0 Å². The Hall–Kier alpha value is -0.950. The van der Waals surface area contributed by atoms with Gasteiger partial charge in [0, 0.05) is 36.7 Å². The van der Waals surface area contributed by atoms with Gasteiger partial charge in [0.1, 0.15) is 5.54 Å². The van der Waals surface area contributed by atoms with Crippen LogP contribution in [0.1, 0.15) is 26.3 Å². The van der Waals surface area contributed by atoms with Crippen LogP contribution in [-0.2, 0) is 10.3 Å². The van der Waals surface area contributed by atoms with Gasteiger partial charge in [0.25, 0.3) is 0 Å². The molecule has 0 aliphatic carbocycles. The SMILES string of the molecule is CC(O)CN1CCN(C(=O)C(C)(N)c2ccc(Br)cc2)CC1C. The van der Waals surface area contributed by atoms with Gasteiger partial charge < -0.3 is 15.7 Å². The Morgan fingerprint density at radius 3 is 2.57 bits per heavy atom. The summed E-state index contributed by atoms with van der Waals surface area (Å²) in [6.07, 6.45) is -0.359. The molecule has 3 N–H and O–H groups in total. The fourth-order valence-corrected chi connectivity index (χ4v) is 3.30. The molecule has 1 amide bonds. The van der Waals surface area contributed by atoms with Crippen LogP contribution < -0.4 is 5.73 Å². The van der Waals surface area contributed by atoms with E-state index in [9.17, 15) is 9.90 Å². The maximum absolute atomic E-state index is 12.9. The Bertz CT molecular complexity index is 545. The third kappa shape index (κ3) is 4.32. The van der Waals surface area contributed by atoms with E-state index in [1.54, 1.807) is 13.8 Å². The number of amides is 1. The van der Waals surface area contributed by atoms with Crippen molar-refractivity contribution in [3.05, 3.63) is 34.3 Å². The van der Waals surface area contributed by atoms with Crippen molar-refractivity contribution in [2.24, 2.45) is 5.73 Å². The van der Waals surface area contributed by atoms with Crippen molar-refractivity contribution >= 4 is 21.8 Å². The topological polar surface area (TPSA) is 69.8 Å². The standard InChI is InChI=1S/C17H26BrN3O2/c1-12-10-21(9-8-20(12)11-13(2)22)16(23)17(3,19)14-4-6-15(18)7-5-14/h4-7,12-13,22H,8-11,19H2,1-3H3. The molecule has 1 fully saturated rings. The number of hydrogen-bond acceptors (Lipinski definition) is 4. The van der Waals surface area contributed by atoms with E-state index in [0.717, 1.165) is 16.6 Å². The van der Waals surface area contributed by atoms with Gasteiger partial charge in [-0.3, -0.25) is 9.69 Å². The summed E-state index contributed by atoms with van der Waals surface area (Å²) in [6.45, 7) is 8.30. The Kier molecular flexibility index (Phi) is 5.84. The summed E-state index contributed by atoms with van der Waals surface area (Å²) >= 11 is 3.40. The highest BCUT2D eigenvalue weighted by molar-refractivity contribution is 9.10. The largest absolute Gasteiger partial charge is 0.392 e. The maximum atomic E-state index is 12.9. The minimum Gasteiger partial charge on any atom is -0.392 e. The van der Waals surface area contributed by atoms with E-state index in [4.69, 9.17) is 5.73 Å². The van der Waals surface area contributed by atoms with Crippen LogP contribution in [0.25, 0.3) is 0 Å².